The smallest absolute Gasteiger partial charge is 0.269 e. The van der Waals surface area contributed by atoms with Gasteiger partial charge in [0.15, 0.2) is 17.3 Å². The second-order valence-corrected chi connectivity index (χ2v) is 7.33. The molecule has 0 bridgehead atoms. The standard InChI is InChI=1S/C25H18N2O6/c1-15(28)16-7-11-19(12-8-16)26-22(17-9-13-20(14-10-17)27(32)33)21(24(30)25(26)31)23(29)18-5-3-2-4-6-18/h2-14,30-31H,1H3. The average Bonchev–Trinajstić information content (AvgIpc) is 3.09. The third-order valence-electron chi connectivity index (χ3n) is 5.27. The van der Waals surface area contributed by atoms with Gasteiger partial charge in [0.25, 0.3) is 5.69 Å². The molecular formula is C25H18N2O6. The van der Waals surface area contributed by atoms with Crippen molar-refractivity contribution in [1.29, 1.82) is 0 Å². The molecule has 1 heterocycles. The largest absolute Gasteiger partial charge is 0.503 e. The van der Waals surface area contributed by atoms with Gasteiger partial charge in [-0.1, -0.05) is 30.3 Å². The van der Waals surface area contributed by atoms with E-state index in [0.29, 0.717) is 22.4 Å². The van der Waals surface area contributed by atoms with E-state index >= 15 is 0 Å². The van der Waals surface area contributed by atoms with Crippen molar-refractivity contribution in [3.8, 4) is 28.6 Å². The number of nitro benzene ring substituents is 1. The van der Waals surface area contributed by atoms with Crippen LogP contribution in [-0.4, -0.2) is 31.3 Å². The molecule has 8 heteroatoms. The summed E-state index contributed by atoms with van der Waals surface area (Å²) in [5, 5.41) is 32.7. The first-order chi connectivity index (χ1) is 15.8. The Kier molecular flexibility index (Phi) is 5.49. The molecule has 0 saturated carbocycles. The fourth-order valence-corrected chi connectivity index (χ4v) is 3.61. The normalized spacial score (nSPS) is 10.7. The summed E-state index contributed by atoms with van der Waals surface area (Å²) in [5.74, 6) is -1.86. The number of rotatable bonds is 6. The summed E-state index contributed by atoms with van der Waals surface area (Å²) in [4.78, 5) is 35.5. The topological polar surface area (TPSA) is 123 Å². The molecule has 0 radical (unpaired) electrons. The first-order valence-corrected chi connectivity index (χ1v) is 9.92. The van der Waals surface area contributed by atoms with Gasteiger partial charge in [0.2, 0.25) is 5.88 Å². The van der Waals surface area contributed by atoms with Gasteiger partial charge in [0.05, 0.1) is 16.2 Å². The third kappa shape index (κ3) is 3.85. The minimum atomic E-state index is -0.618. The SMILES string of the molecule is CC(=O)c1ccc(-n2c(O)c(O)c(C(=O)c3ccccc3)c2-c2ccc([N+](=O)[O-])cc2)cc1. The van der Waals surface area contributed by atoms with Crippen LogP contribution < -0.4 is 0 Å². The Hall–Kier alpha value is -4.72. The number of non-ortho nitro benzene ring substituents is 1. The highest BCUT2D eigenvalue weighted by Gasteiger charge is 2.30. The van der Waals surface area contributed by atoms with Crippen molar-refractivity contribution in [3.05, 3.63) is 106 Å². The number of aromatic hydroxyl groups is 2. The van der Waals surface area contributed by atoms with Crippen molar-refractivity contribution in [2.24, 2.45) is 0 Å². The fraction of sp³-hybridized carbons (Fsp3) is 0.0400. The summed E-state index contributed by atoms with van der Waals surface area (Å²) < 4.78 is 1.27. The molecule has 2 N–H and O–H groups in total. The Balaban J connectivity index is 1.99. The number of carbonyl (C=O) groups excluding carboxylic acids is 2. The van der Waals surface area contributed by atoms with Gasteiger partial charge in [0, 0.05) is 34.5 Å². The summed E-state index contributed by atoms with van der Waals surface area (Å²) in [5.41, 5.74) is 1.35. The molecule has 0 saturated heterocycles. The zero-order chi connectivity index (χ0) is 23.7. The van der Waals surface area contributed by atoms with E-state index in [1.165, 1.54) is 35.8 Å². The van der Waals surface area contributed by atoms with Gasteiger partial charge >= 0.3 is 0 Å². The van der Waals surface area contributed by atoms with E-state index < -0.39 is 22.3 Å². The predicted molar refractivity (Wildman–Crippen MR) is 121 cm³/mol. The van der Waals surface area contributed by atoms with Crippen LogP contribution in [0.3, 0.4) is 0 Å². The highest BCUT2D eigenvalue weighted by atomic mass is 16.6. The Labute approximate surface area is 188 Å². The number of benzene rings is 3. The van der Waals surface area contributed by atoms with Crippen molar-refractivity contribution in [2.45, 2.75) is 6.92 Å². The molecule has 0 aliphatic rings. The molecule has 0 amide bonds. The van der Waals surface area contributed by atoms with Crippen LogP contribution in [0.25, 0.3) is 16.9 Å². The first kappa shape index (κ1) is 21.5. The first-order valence-electron chi connectivity index (χ1n) is 9.92. The Morgan fingerprint density at radius 1 is 0.848 bits per heavy atom. The second-order valence-electron chi connectivity index (χ2n) is 7.33. The molecule has 1 aromatic heterocycles. The molecular weight excluding hydrogens is 424 g/mol. The number of ketones is 2. The maximum atomic E-state index is 13.3. The third-order valence-corrected chi connectivity index (χ3v) is 5.27. The zero-order valence-electron chi connectivity index (χ0n) is 17.4. The lowest BCUT2D eigenvalue weighted by Gasteiger charge is -2.12. The van der Waals surface area contributed by atoms with E-state index in [2.05, 4.69) is 0 Å². The van der Waals surface area contributed by atoms with Crippen LogP contribution in [0.15, 0.2) is 78.9 Å². The van der Waals surface area contributed by atoms with Gasteiger partial charge < -0.3 is 10.2 Å². The number of Topliss-reactive ketones (excluding diaryl/α,β-unsaturated/α-hetero) is 1. The van der Waals surface area contributed by atoms with Crippen molar-refractivity contribution in [3.63, 3.8) is 0 Å². The quantitative estimate of drug-likeness (QED) is 0.249. The molecule has 0 atom stereocenters. The minimum Gasteiger partial charge on any atom is -0.503 e. The molecule has 33 heavy (non-hydrogen) atoms. The summed E-state index contributed by atoms with van der Waals surface area (Å²) in [6.45, 7) is 1.42. The van der Waals surface area contributed by atoms with Gasteiger partial charge in [-0.2, -0.15) is 0 Å². The van der Waals surface area contributed by atoms with Crippen LogP contribution in [0.2, 0.25) is 0 Å². The number of nitrogens with zero attached hydrogens (tertiary/aromatic N) is 2. The van der Waals surface area contributed by atoms with E-state index in [1.807, 2.05) is 0 Å². The van der Waals surface area contributed by atoms with Crippen LogP contribution in [0, 0.1) is 10.1 Å². The highest BCUT2D eigenvalue weighted by Crippen LogP contribution is 2.44. The molecule has 8 nitrogen and oxygen atoms in total. The number of aromatic nitrogens is 1. The monoisotopic (exact) mass is 442 g/mol. The lowest BCUT2D eigenvalue weighted by atomic mass is 9.99. The van der Waals surface area contributed by atoms with Crippen LogP contribution in [-0.2, 0) is 0 Å². The molecule has 0 aliphatic carbocycles. The van der Waals surface area contributed by atoms with Crippen molar-refractivity contribution in [1.82, 2.24) is 4.57 Å². The molecule has 0 unspecified atom stereocenters. The Morgan fingerprint density at radius 3 is 2.00 bits per heavy atom. The maximum Gasteiger partial charge on any atom is 0.269 e. The minimum absolute atomic E-state index is 0.142. The Morgan fingerprint density at radius 2 is 1.45 bits per heavy atom. The van der Waals surface area contributed by atoms with E-state index in [-0.39, 0.29) is 22.7 Å². The van der Waals surface area contributed by atoms with E-state index in [9.17, 15) is 29.9 Å². The molecule has 0 fully saturated rings. The number of carbonyl (C=O) groups is 2. The van der Waals surface area contributed by atoms with E-state index in [1.54, 1.807) is 54.6 Å². The molecule has 0 aliphatic heterocycles. The maximum absolute atomic E-state index is 13.3. The van der Waals surface area contributed by atoms with Gasteiger partial charge in [-0.15, -0.1) is 0 Å². The van der Waals surface area contributed by atoms with Crippen LogP contribution in [0.5, 0.6) is 11.6 Å². The number of nitro groups is 1. The molecule has 4 rings (SSSR count). The lowest BCUT2D eigenvalue weighted by Crippen LogP contribution is -2.05. The molecule has 164 valence electrons. The van der Waals surface area contributed by atoms with E-state index in [4.69, 9.17) is 0 Å². The zero-order valence-corrected chi connectivity index (χ0v) is 17.4. The predicted octanol–water partition coefficient (Wildman–Crippen LogP) is 4.90. The van der Waals surface area contributed by atoms with Crippen LogP contribution in [0.4, 0.5) is 5.69 Å². The summed E-state index contributed by atoms with van der Waals surface area (Å²) in [6, 6.07) is 19.9. The van der Waals surface area contributed by atoms with Crippen LogP contribution in [0.1, 0.15) is 33.2 Å². The van der Waals surface area contributed by atoms with Crippen LogP contribution >= 0.6 is 0 Å². The second kappa shape index (κ2) is 8.43. The molecule has 0 spiro atoms. The van der Waals surface area contributed by atoms with Crippen molar-refractivity contribution < 1.29 is 24.7 Å². The molecule has 4 aromatic rings. The summed E-state index contributed by atoms with van der Waals surface area (Å²) >= 11 is 0. The van der Waals surface area contributed by atoms with Gasteiger partial charge in [0.1, 0.15) is 0 Å². The van der Waals surface area contributed by atoms with Gasteiger partial charge in [-0.25, -0.2) is 0 Å². The van der Waals surface area contributed by atoms with E-state index in [0.717, 1.165) is 0 Å². The van der Waals surface area contributed by atoms with Gasteiger partial charge in [-0.05, 0) is 43.3 Å². The highest BCUT2D eigenvalue weighted by molar-refractivity contribution is 6.15. The van der Waals surface area contributed by atoms with Crippen molar-refractivity contribution >= 4 is 17.3 Å². The molecule has 3 aromatic carbocycles. The van der Waals surface area contributed by atoms with Crippen molar-refractivity contribution in [2.75, 3.05) is 0 Å². The van der Waals surface area contributed by atoms with Gasteiger partial charge in [-0.3, -0.25) is 24.3 Å². The number of hydrogen-bond donors (Lipinski definition) is 2. The lowest BCUT2D eigenvalue weighted by molar-refractivity contribution is -0.384. The summed E-state index contributed by atoms with van der Waals surface area (Å²) in [6.07, 6.45) is 0. The average molecular weight is 442 g/mol. The fourth-order valence-electron chi connectivity index (χ4n) is 3.61. The summed E-state index contributed by atoms with van der Waals surface area (Å²) in [7, 11) is 0. The number of hydrogen-bond acceptors (Lipinski definition) is 6. The Bertz CT molecular complexity index is 1370.